The Morgan fingerprint density at radius 1 is 1.00 bits per heavy atom. The molecule has 0 amide bonds. The molecule has 0 heterocycles. The van der Waals surface area contributed by atoms with E-state index in [1.54, 1.807) is 0 Å². The Morgan fingerprint density at radius 2 is 1.35 bits per heavy atom. The fraction of sp³-hybridized carbons (Fsp3) is 0.500. The molecule has 0 unspecified atom stereocenters. The van der Waals surface area contributed by atoms with E-state index in [-0.39, 0.29) is 68.4 Å². The molecule has 20 heavy (non-hydrogen) atoms. The Balaban J connectivity index is -0.000000429. The molecule has 0 radical (unpaired) electrons. The van der Waals surface area contributed by atoms with E-state index in [9.17, 15) is 0 Å². The van der Waals surface area contributed by atoms with E-state index < -0.39 is 6.16 Å². The molecule has 0 fully saturated rings. The van der Waals surface area contributed by atoms with Gasteiger partial charge in [-0.05, 0) is 20.8 Å². The van der Waals surface area contributed by atoms with Crippen molar-refractivity contribution in [3.63, 3.8) is 0 Å². The van der Waals surface area contributed by atoms with Gasteiger partial charge in [0.05, 0.1) is 19.6 Å². The molecule has 0 aliphatic rings. The van der Waals surface area contributed by atoms with Crippen LogP contribution >= 0.6 is 17.0 Å². The Morgan fingerprint density at radius 3 is 1.65 bits per heavy atom. The van der Waals surface area contributed by atoms with Crippen molar-refractivity contribution in [3.8, 4) is 0 Å². The number of carbonyl (C=O) groups is 1. The molecule has 0 saturated heterocycles. The van der Waals surface area contributed by atoms with Gasteiger partial charge in [-0.1, -0.05) is 30.3 Å². The SMILES string of the molecule is Br.CC[N+](CC)(CC)Cc1ccccc1.O=C(O)O.[KH]. The molecule has 1 aromatic carbocycles. The van der Waals surface area contributed by atoms with Crippen LogP contribution in [0.15, 0.2) is 30.3 Å². The van der Waals surface area contributed by atoms with Crippen molar-refractivity contribution in [2.45, 2.75) is 27.3 Å². The molecule has 4 nitrogen and oxygen atoms in total. The predicted molar refractivity (Wildman–Crippen MR) is 90.2 cm³/mol. The van der Waals surface area contributed by atoms with Gasteiger partial charge in [0.25, 0.3) is 0 Å². The minimum absolute atomic E-state index is 0. The van der Waals surface area contributed by atoms with E-state index in [0.717, 1.165) is 0 Å². The third-order valence-electron chi connectivity index (χ3n) is 3.37. The Kier molecular flexibility index (Phi) is 18.5. The van der Waals surface area contributed by atoms with Crippen molar-refractivity contribution in [1.29, 1.82) is 0 Å². The maximum absolute atomic E-state index is 8.56. The number of rotatable bonds is 5. The summed E-state index contributed by atoms with van der Waals surface area (Å²) in [6, 6.07) is 10.8. The normalized spacial score (nSPS) is 9.35. The van der Waals surface area contributed by atoms with Crippen LogP contribution in [0.25, 0.3) is 0 Å². The van der Waals surface area contributed by atoms with E-state index in [4.69, 9.17) is 15.0 Å². The molecule has 0 aromatic heterocycles. The zero-order valence-corrected chi connectivity index (χ0v) is 13.6. The van der Waals surface area contributed by atoms with E-state index in [1.165, 1.54) is 36.2 Å². The van der Waals surface area contributed by atoms with Crippen molar-refractivity contribution in [3.05, 3.63) is 35.9 Å². The summed E-state index contributed by atoms with van der Waals surface area (Å²) in [5, 5.41) is 13.9. The molecule has 6 heteroatoms. The van der Waals surface area contributed by atoms with Crippen molar-refractivity contribution in [1.82, 2.24) is 0 Å². The zero-order valence-electron chi connectivity index (χ0n) is 11.9. The number of quaternary nitrogens is 1. The second kappa shape index (κ2) is 14.5. The molecule has 112 valence electrons. The molecule has 1 rings (SSSR count). The van der Waals surface area contributed by atoms with Crippen LogP contribution in [0.3, 0.4) is 0 Å². The van der Waals surface area contributed by atoms with Crippen molar-refractivity contribution >= 4 is 74.5 Å². The molecular formula is C14H26BrKNO3+. The molecule has 0 saturated carbocycles. The summed E-state index contributed by atoms with van der Waals surface area (Å²) in [6.45, 7) is 11.7. The average molecular weight is 375 g/mol. The van der Waals surface area contributed by atoms with Gasteiger partial charge in [-0.2, -0.15) is 0 Å². The number of nitrogens with zero attached hydrogens (tertiary/aromatic N) is 1. The van der Waals surface area contributed by atoms with Crippen LogP contribution in [-0.4, -0.2) is 91.9 Å². The summed E-state index contributed by atoms with van der Waals surface area (Å²) in [5.41, 5.74) is 1.46. The van der Waals surface area contributed by atoms with Gasteiger partial charge in [0, 0.05) is 5.56 Å². The van der Waals surface area contributed by atoms with E-state index in [0.29, 0.717) is 0 Å². The summed E-state index contributed by atoms with van der Waals surface area (Å²) in [6.07, 6.45) is -1.83. The first-order chi connectivity index (χ1) is 8.49. The van der Waals surface area contributed by atoms with E-state index >= 15 is 0 Å². The monoisotopic (exact) mass is 374 g/mol. The molecule has 0 spiro atoms. The summed E-state index contributed by atoms with van der Waals surface area (Å²) in [7, 11) is 0. The molecule has 0 bridgehead atoms. The van der Waals surface area contributed by atoms with Gasteiger partial charge in [-0.15, -0.1) is 17.0 Å². The Labute approximate surface area is 175 Å². The number of hydrogen-bond donors (Lipinski definition) is 2. The molecule has 0 atom stereocenters. The maximum atomic E-state index is 8.56. The van der Waals surface area contributed by atoms with Crippen LogP contribution in [0.4, 0.5) is 4.79 Å². The number of hydrogen-bond acceptors (Lipinski definition) is 1. The zero-order chi connectivity index (χ0) is 14.0. The molecular weight excluding hydrogens is 349 g/mol. The first-order valence-electron chi connectivity index (χ1n) is 6.30. The quantitative estimate of drug-likeness (QED) is 0.614. The molecule has 1 aromatic rings. The van der Waals surface area contributed by atoms with Gasteiger partial charge >= 0.3 is 57.5 Å². The van der Waals surface area contributed by atoms with Gasteiger partial charge in [0.15, 0.2) is 0 Å². The molecule has 0 aliphatic carbocycles. The fourth-order valence-electron chi connectivity index (χ4n) is 1.98. The first kappa shape index (κ1) is 25.5. The second-order valence-corrected chi connectivity index (χ2v) is 4.22. The molecule has 0 aliphatic heterocycles. The third-order valence-corrected chi connectivity index (χ3v) is 3.37. The van der Waals surface area contributed by atoms with Gasteiger partial charge in [-0.25, -0.2) is 4.79 Å². The second-order valence-electron chi connectivity index (χ2n) is 4.22. The van der Waals surface area contributed by atoms with E-state index in [1.807, 2.05) is 0 Å². The van der Waals surface area contributed by atoms with Crippen molar-refractivity contribution < 1.29 is 19.5 Å². The minimum atomic E-state index is -1.83. The summed E-state index contributed by atoms with van der Waals surface area (Å²) < 4.78 is 1.20. The topological polar surface area (TPSA) is 57.5 Å². The summed E-state index contributed by atoms with van der Waals surface area (Å²) in [4.78, 5) is 8.56. The fourth-order valence-corrected chi connectivity index (χ4v) is 1.98. The van der Waals surface area contributed by atoms with Gasteiger partial charge in [-0.3, -0.25) is 0 Å². The number of carboxylic acid groups (broad SMARTS) is 2. The van der Waals surface area contributed by atoms with Gasteiger partial charge in [0.2, 0.25) is 0 Å². The van der Waals surface area contributed by atoms with Crippen LogP contribution in [0.5, 0.6) is 0 Å². The van der Waals surface area contributed by atoms with Crippen LogP contribution in [0.2, 0.25) is 0 Å². The van der Waals surface area contributed by atoms with E-state index in [2.05, 4.69) is 51.1 Å². The Bertz CT molecular complexity index is 333. The summed E-state index contributed by atoms with van der Waals surface area (Å²) >= 11 is 0. The van der Waals surface area contributed by atoms with Crippen molar-refractivity contribution in [2.24, 2.45) is 0 Å². The number of benzene rings is 1. The van der Waals surface area contributed by atoms with Crippen LogP contribution in [0, 0.1) is 0 Å². The summed E-state index contributed by atoms with van der Waals surface area (Å²) in [5.74, 6) is 0. The van der Waals surface area contributed by atoms with Crippen molar-refractivity contribution in [2.75, 3.05) is 19.6 Å². The van der Waals surface area contributed by atoms with Crippen LogP contribution in [-0.2, 0) is 6.54 Å². The predicted octanol–water partition coefficient (Wildman–Crippen LogP) is 3.21. The standard InChI is InChI=1S/C13H22N.CH2O3.BrH.K.H/c1-4-14(5-2,6-3)12-13-10-8-7-9-11-13;2-1(3)4;;;/h7-11H,4-6,12H2,1-3H3;(H2,2,3,4);1H;;/q+1;;;;. The third kappa shape index (κ3) is 11.3. The molecule has 2 N–H and O–H groups in total. The van der Waals surface area contributed by atoms with Gasteiger partial charge < -0.3 is 14.7 Å². The van der Waals surface area contributed by atoms with Crippen LogP contribution < -0.4 is 0 Å². The Hall–Kier alpha value is 0.566. The first-order valence-corrected chi connectivity index (χ1v) is 6.30. The average Bonchev–Trinajstić information content (AvgIpc) is 2.37. The number of halogens is 1. The van der Waals surface area contributed by atoms with Crippen LogP contribution in [0.1, 0.15) is 26.3 Å². The van der Waals surface area contributed by atoms with Gasteiger partial charge in [0.1, 0.15) is 6.54 Å².